The van der Waals surface area contributed by atoms with E-state index in [2.05, 4.69) is 25.9 Å². The first-order valence-electron chi connectivity index (χ1n) is 9.54. The van der Waals surface area contributed by atoms with E-state index in [4.69, 9.17) is 0 Å². The summed E-state index contributed by atoms with van der Waals surface area (Å²) in [6.45, 7) is 9.61. The zero-order valence-corrected chi connectivity index (χ0v) is 17.4. The number of anilines is 2. The molecule has 2 N–H and O–H groups in total. The molecule has 3 rings (SSSR count). The summed E-state index contributed by atoms with van der Waals surface area (Å²) in [6, 6.07) is 5.44. The number of aryl methyl sites for hydroxylation is 2. The third kappa shape index (κ3) is 5.30. The summed E-state index contributed by atoms with van der Waals surface area (Å²) < 4.78 is 0. The van der Waals surface area contributed by atoms with Gasteiger partial charge in [-0.1, -0.05) is 13.0 Å². The van der Waals surface area contributed by atoms with E-state index < -0.39 is 0 Å². The summed E-state index contributed by atoms with van der Waals surface area (Å²) in [6.07, 6.45) is 0.417. The molecule has 0 spiro atoms. The second-order valence-corrected chi connectivity index (χ2v) is 8.04. The molecule has 0 atom stereocenters. The van der Waals surface area contributed by atoms with Crippen molar-refractivity contribution in [1.29, 1.82) is 0 Å². The topological polar surface area (TPSA) is 77.6 Å². The van der Waals surface area contributed by atoms with Crippen LogP contribution in [0.4, 0.5) is 16.2 Å². The molecule has 1 aromatic heterocycles. The molecule has 8 heteroatoms. The Morgan fingerprint density at radius 3 is 2.54 bits per heavy atom. The third-order valence-corrected chi connectivity index (χ3v) is 5.62. The van der Waals surface area contributed by atoms with Crippen molar-refractivity contribution in [2.45, 2.75) is 33.7 Å². The number of piperazine rings is 1. The van der Waals surface area contributed by atoms with Crippen LogP contribution in [0.2, 0.25) is 0 Å². The van der Waals surface area contributed by atoms with Crippen molar-refractivity contribution < 1.29 is 9.59 Å². The fraction of sp³-hybridized carbons (Fsp3) is 0.450. The average molecular weight is 402 g/mol. The molecule has 1 aliphatic rings. The number of thiazole rings is 1. The molecule has 0 aliphatic carbocycles. The van der Waals surface area contributed by atoms with E-state index in [1.165, 1.54) is 0 Å². The van der Waals surface area contributed by atoms with Gasteiger partial charge in [-0.25, -0.2) is 9.78 Å². The predicted octanol–water partition coefficient (Wildman–Crippen LogP) is 3.46. The molecule has 2 aromatic rings. The van der Waals surface area contributed by atoms with Crippen molar-refractivity contribution in [2.75, 3.05) is 36.8 Å². The maximum atomic E-state index is 12.7. The summed E-state index contributed by atoms with van der Waals surface area (Å²) >= 11 is 1.67. The van der Waals surface area contributed by atoms with E-state index in [1.54, 1.807) is 18.3 Å². The number of urea groups is 1. The summed E-state index contributed by atoms with van der Waals surface area (Å²) in [5.74, 6) is -0.0486. The van der Waals surface area contributed by atoms with E-state index in [0.29, 0.717) is 25.2 Å². The number of nitrogens with zero attached hydrogens (tertiary/aromatic N) is 3. The molecule has 0 radical (unpaired) electrons. The minimum Gasteiger partial charge on any atom is -0.326 e. The summed E-state index contributed by atoms with van der Waals surface area (Å²) in [4.78, 5) is 32.9. The van der Waals surface area contributed by atoms with Crippen molar-refractivity contribution in [3.8, 4) is 0 Å². The second-order valence-electron chi connectivity index (χ2n) is 6.98. The number of rotatable bonds is 5. The zero-order valence-electron chi connectivity index (χ0n) is 16.6. The van der Waals surface area contributed by atoms with Gasteiger partial charge < -0.3 is 15.5 Å². The Balaban J connectivity index is 1.54. The first-order valence-corrected chi connectivity index (χ1v) is 10.4. The van der Waals surface area contributed by atoms with Gasteiger partial charge in [-0.05, 0) is 31.5 Å². The van der Waals surface area contributed by atoms with Crippen LogP contribution in [0.5, 0.6) is 0 Å². The van der Waals surface area contributed by atoms with Crippen LogP contribution < -0.4 is 10.6 Å². The van der Waals surface area contributed by atoms with Crippen molar-refractivity contribution in [1.82, 2.24) is 14.8 Å². The van der Waals surface area contributed by atoms with Crippen LogP contribution in [0.25, 0.3) is 0 Å². The first-order chi connectivity index (χ1) is 13.4. The van der Waals surface area contributed by atoms with Crippen LogP contribution in [0.1, 0.15) is 29.6 Å². The first kappa shape index (κ1) is 20.3. The molecule has 150 valence electrons. The largest absolute Gasteiger partial charge is 0.326 e. The molecule has 1 aliphatic heterocycles. The van der Waals surface area contributed by atoms with Crippen molar-refractivity contribution >= 4 is 34.6 Å². The monoisotopic (exact) mass is 401 g/mol. The van der Waals surface area contributed by atoms with Crippen LogP contribution in [-0.4, -0.2) is 52.9 Å². The molecule has 0 saturated carbocycles. The lowest BCUT2D eigenvalue weighted by molar-refractivity contribution is -0.115. The third-order valence-electron chi connectivity index (χ3n) is 4.80. The SMILES string of the molecule is CCC(=O)Nc1ccc(C)c(NC(=O)N2CCN(Cc3csc(C)n3)CC2)c1. The molecule has 28 heavy (non-hydrogen) atoms. The smallest absolute Gasteiger partial charge is 0.321 e. The highest BCUT2D eigenvalue weighted by Crippen LogP contribution is 2.21. The highest BCUT2D eigenvalue weighted by molar-refractivity contribution is 7.09. The number of carbonyl (C=O) groups is 2. The van der Waals surface area contributed by atoms with Gasteiger partial charge in [0.05, 0.1) is 10.7 Å². The Labute approximate surface area is 169 Å². The summed E-state index contributed by atoms with van der Waals surface area (Å²) in [5.41, 5.74) is 3.47. The van der Waals surface area contributed by atoms with Crippen LogP contribution >= 0.6 is 11.3 Å². The van der Waals surface area contributed by atoms with E-state index in [-0.39, 0.29) is 11.9 Å². The maximum absolute atomic E-state index is 12.7. The zero-order chi connectivity index (χ0) is 20.1. The Bertz CT molecular complexity index is 843. The number of carbonyl (C=O) groups excluding carboxylic acids is 2. The molecule has 7 nitrogen and oxygen atoms in total. The summed E-state index contributed by atoms with van der Waals surface area (Å²) in [5, 5.41) is 9.00. The fourth-order valence-corrected chi connectivity index (χ4v) is 3.70. The number of amides is 3. The number of nitrogens with one attached hydrogen (secondary N) is 2. The van der Waals surface area contributed by atoms with Gasteiger partial charge in [-0.3, -0.25) is 9.69 Å². The average Bonchev–Trinajstić information content (AvgIpc) is 3.09. The molecule has 1 saturated heterocycles. The lowest BCUT2D eigenvalue weighted by Gasteiger charge is -2.34. The molecule has 3 amide bonds. The van der Waals surface area contributed by atoms with Crippen molar-refractivity contribution in [3.63, 3.8) is 0 Å². The normalized spacial score (nSPS) is 14.8. The van der Waals surface area contributed by atoms with E-state index >= 15 is 0 Å². The maximum Gasteiger partial charge on any atom is 0.321 e. The molecular formula is C20H27N5O2S. The number of benzene rings is 1. The van der Waals surface area contributed by atoms with Crippen LogP contribution in [-0.2, 0) is 11.3 Å². The lowest BCUT2D eigenvalue weighted by Crippen LogP contribution is -2.49. The molecule has 0 unspecified atom stereocenters. The van der Waals surface area contributed by atoms with Gasteiger partial charge in [0.1, 0.15) is 0 Å². The fourth-order valence-electron chi connectivity index (χ4n) is 3.10. The van der Waals surface area contributed by atoms with Gasteiger partial charge in [-0.15, -0.1) is 11.3 Å². The lowest BCUT2D eigenvalue weighted by atomic mass is 10.1. The van der Waals surface area contributed by atoms with Gasteiger partial charge in [0, 0.05) is 55.9 Å². The van der Waals surface area contributed by atoms with Gasteiger partial charge in [0.15, 0.2) is 0 Å². The van der Waals surface area contributed by atoms with E-state index in [9.17, 15) is 9.59 Å². The van der Waals surface area contributed by atoms with E-state index in [1.807, 2.05) is 36.9 Å². The highest BCUT2D eigenvalue weighted by Gasteiger charge is 2.22. The molecule has 2 heterocycles. The van der Waals surface area contributed by atoms with E-state index in [0.717, 1.165) is 41.6 Å². The quantitative estimate of drug-likeness (QED) is 0.804. The Morgan fingerprint density at radius 1 is 1.14 bits per heavy atom. The van der Waals surface area contributed by atoms with Crippen molar-refractivity contribution in [2.24, 2.45) is 0 Å². The molecule has 1 aromatic carbocycles. The minimum atomic E-state index is -0.105. The van der Waals surface area contributed by atoms with Gasteiger partial charge in [-0.2, -0.15) is 0 Å². The summed E-state index contributed by atoms with van der Waals surface area (Å²) in [7, 11) is 0. The Morgan fingerprint density at radius 2 is 1.89 bits per heavy atom. The van der Waals surface area contributed by atoms with Crippen LogP contribution in [0.15, 0.2) is 23.6 Å². The Hall–Kier alpha value is -2.45. The van der Waals surface area contributed by atoms with Crippen molar-refractivity contribution in [3.05, 3.63) is 39.8 Å². The predicted molar refractivity (Wildman–Crippen MR) is 113 cm³/mol. The standard InChI is InChI=1S/C20H27N5O2S/c1-4-19(26)22-16-6-5-14(2)18(11-16)23-20(27)25-9-7-24(8-10-25)12-17-13-28-15(3)21-17/h5-6,11,13H,4,7-10,12H2,1-3H3,(H,22,26)(H,23,27). The molecule has 1 fully saturated rings. The van der Waals surface area contributed by atoms with Gasteiger partial charge >= 0.3 is 6.03 Å². The number of aromatic nitrogens is 1. The van der Waals surface area contributed by atoms with Gasteiger partial charge in [0.2, 0.25) is 5.91 Å². The van der Waals surface area contributed by atoms with Crippen LogP contribution in [0, 0.1) is 13.8 Å². The van der Waals surface area contributed by atoms with Gasteiger partial charge in [0.25, 0.3) is 0 Å². The highest BCUT2D eigenvalue weighted by atomic mass is 32.1. The number of hydrogen-bond acceptors (Lipinski definition) is 5. The minimum absolute atomic E-state index is 0.0486. The van der Waals surface area contributed by atoms with Crippen LogP contribution in [0.3, 0.4) is 0 Å². The molecular weight excluding hydrogens is 374 g/mol. The number of hydrogen-bond donors (Lipinski definition) is 2. The second kappa shape index (κ2) is 9.16. The molecule has 0 bridgehead atoms. The Kier molecular flexibility index (Phi) is 6.64.